The molecule has 26 heavy (non-hydrogen) atoms. The lowest BCUT2D eigenvalue weighted by atomic mass is 10.1. The maximum atomic E-state index is 12.6. The first-order chi connectivity index (χ1) is 12.5. The third-order valence-electron chi connectivity index (χ3n) is 4.67. The maximum Gasteiger partial charge on any atom is 0.240 e. The summed E-state index contributed by atoms with van der Waals surface area (Å²) in [6, 6.07) is 14.0. The van der Waals surface area contributed by atoms with Gasteiger partial charge in [-0.05, 0) is 67.9 Å². The molecule has 7 heteroatoms. The lowest BCUT2D eigenvalue weighted by Crippen LogP contribution is -2.36. The number of hydrogen-bond donors (Lipinski definition) is 1. The first kappa shape index (κ1) is 19.2. The molecule has 1 fully saturated rings. The number of halogens is 1. The summed E-state index contributed by atoms with van der Waals surface area (Å²) in [7, 11) is -1.95. The molecule has 0 bridgehead atoms. The van der Waals surface area contributed by atoms with E-state index in [4.69, 9.17) is 16.3 Å². The molecule has 1 N–H and O–H groups in total. The number of sulfonamides is 1. The average molecular weight is 395 g/mol. The van der Waals surface area contributed by atoms with Gasteiger partial charge in [-0.3, -0.25) is 4.90 Å². The molecule has 140 valence electrons. The quantitative estimate of drug-likeness (QED) is 0.781. The summed E-state index contributed by atoms with van der Waals surface area (Å²) >= 11 is 5.85. The molecule has 1 atom stereocenters. The van der Waals surface area contributed by atoms with Crippen molar-refractivity contribution in [2.45, 2.75) is 23.8 Å². The van der Waals surface area contributed by atoms with Crippen molar-refractivity contribution in [2.24, 2.45) is 0 Å². The molecule has 0 unspecified atom stereocenters. The van der Waals surface area contributed by atoms with Crippen molar-refractivity contribution >= 4 is 21.6 Å². The van der Waals surface area contributed by atoms with Crippen LogP contribution in [-0.2, 0) is 10.0 Å². The summed E-state index contributed by atoms with van der Waals surface area (Å²) in [4.78, 5) is 2.54. The van der Waals surface area contributed by atoms with E-state index in [1.54, 1.807) is 19.2 Å². The van der Waals surface area contributed by atoms with Gasteiger partial charge < -0.3 is 4.74 Å². The maximum absolute atomic E-state index is 12.6. The minimum absolute atomic E-state index is 0.00881. The zero-order chi connectivity index (χ0) is 18.6. The molecule has 0 saturated carbocycles. The molecule has 1 aliphatic heterocycles. The van der Waals surface area contributed by atoms with Gasteiger partial charge in [-0.15, -0.1) is 0 Å². The lowest BCUT2D eigenvalue weighted by Gasteiger charge is -2.28. The van der Waals surface area contributed by atoms with Crippen molar-refractivity contribution in [1.82, 2.24) is 9.62 Å². The van der Waals surface area contributed by atoms with Crippen LogP contribution < -0.4 is 9.46 Å². The molecule has 0 spiro atoms. The van der Waals surface area contributed by atoms with Crippen LogP contribution in [0.1, 0.15) is 24.4 Å². The average Bonchev–Trinajstić information content (AvgIpc) is 3.17. The van der Waals surface area contributed by atoms with Crippen LogP contribution in [0.5, 0.6) is 5.75 Å². The zero-order valence-electron chi connectivity index (χ0n) is 14.7. The van der Waals surface area contributed by atoms with Crippen molar-refractivity contribution in [1.29, 1.82) is 0 Å². The van der Waals surface area contributed by atoms with Crippen molar-refractivity contribution in [3.05, 3.63) is 59.1 Å². The van der Waals surface area contributed by atoms with E-state index < -0.39 is 10.0 Å². The topological polar surface area (TPSA) is 58.6 Å². The Balaban J connectivity index is 1.78. The van der Waals surface area contributed by atoms with Gasteiger partial charge in [-0.1, -0.05) is 23.7 Å². The van der Waals surface area contributed by atoms with Crippen LogP contribution in [0, 0.1) is 0 Å². The van der Waals surface area contributed by atoms with Crippen molar-refractivity contribution in [3.63, 3.8) is 0 Å². The Morgan fingerprint density at radius 2 is 1.69 bits per heavy atom. The summed E-state index contributed by atoms with van der Waals surface area (Å²) in [6.07, 6.45) is 2.27. The molecule has 0 aromatic heterocycles. The highest BCUT2D eigenvalue weighted by molar-refractivity contribution is 7.89. The van der Waals surface area contributed by atoms with Gasteiger partial charge in [0.25, 0.3) is 0 Å². The van der Waals surface area contributed by atoms with E-state index in [0.29, 0.717) is 11.6 Å². The van der Waals surface area contributed by atoms with E-state index in [0.717, 1.165) is 37.2 Å². The van der Waals surface area contributed by atoms with E-state index in [1.807, 2.05) is 24.3 Å². The van der Waals surface area contributed by atoms with E-state index in [2.05, 4.69) is 9.62 Å². The third-order valence-corrected chi connectivity index (χ3v) is 6.36. The Labute approximate surface area is 160 Å². The monoisotopic (exact) mass is 394 g/mol. The molecule has 2 aromatic carbocycles. The first-order valence-corrected chi connectivity index (χ1v) is 10.5. The summed E-state index contributed by atoms with van der Waals surface area (Å²) in [5.41, 5.74) is 1.08. The molecule has 0 radical (unpaired) electrons. The molecule has 0 aliphatic carbocycles. The highest BCUT2D eigenvalue weighted by atomic mass is 35.5. The number of ether oxygens (including phenoxy) is 1. The molecule has 0 amide bonds. The highest BCUT2D eigenvalue weighted by Crippen LogP contribution is 2.27. The molecule has 2 aromatic rings. The number of rotatable bonds is 7. The second-order valence-corrected chi connectivity index (χ2v) is 8.54. The van der Waals surface area contributed by atoms with Gasteiger partial charge in [-0.2, -0.15) is 0 Å². The standard InChI is InChI=1S/C19H23ClN2O3S/c1-25-17-8-4-15(5-9-17)19(22-12-2-3-13-22)14-21-26(23,24)18-10-6-16(20)7-11-18/h4-11,19,21H,2-3,12-14H2,1H3/t19-/m1/s1. The minimum atomic E-state index is -3.58. The normalized spacial score (nSPS) is 16.5. The summed E-state index contributed by atoms with van der Waals surface area (Å²) in [5.74, 6) is 0.788. The fraction of sp³-hybridized carbons (Fsp3) is 0.368. The molecule has 1 heterocycles. The number of benzene rings is 2. The highest BCUT2D eigenvalue weighted by Gasteiger charge is 2.25. The van der Waals surface area contributed by atoms with Gasteiger partial charge in [0.2, 0.25) is 10.0 Å². The fourth-order valence-corrected chi connectivity index (χ4v) is 4.39. The van der Waals surface area contributed by atoms with Gasteiger partial charge in [-0.25, -0.2) is 13.1 Å². The molecule has 3 rings (SSSR count). The fourth-order valence-electron chi connectivity index (χ4n) is 3.22. The molecule has 1 aliphatic rings. The van der Waals surface area contributed by atoms with Crippen LogP contribution in [0.2, 0.25) is 5.02 Å². The third kappa shape index (κ3) is 4.57. The molecule has 1 saturated heterocycles. The zero-order valence-corrected chi connectivity index (χ0v) is 16.3. The Kier molecular flexibility index (Phi) is 6.19. The number of hydrogen-bond acceptors (Lipinski definition) is 4. The van der Waals surface area contributed by atoms with Gasteiger partial charge >= 0.3 is 0 Å². The van der Waals surface area contributed by atoms with E-state index in [-0.39, 0.29) is 10.9 Å². The first-order valence-electron chi connectivity index (χ1n) is 8.63. The predicted octanol–water partition coefficient (Wildman–Crippen LogP) is 3.46. The van der Waals surface area contributed by atoms with Gasteiger partial charge in [0.1, 0.15) is 5.75 Å². The Morgan fingerprint density at radius 3 is 2.27 bits per heavy atom. The van der Waals surface area contributed by atoms with Crippen LogP contribution in [0.15, 0.2) is 53.4 Å². The molecular formula is C19H23ClN2O3S. The van der Waals surface area contributed by atoms with Crippen molar-refractivity contribution in [2.75, 3.05) is 26.7 Å². The Bertz CT molecular complexity index is 817. The summed E-state index contributed by atoms with van der Waals surface area (Å²) in [5, 5.41) is 0.511. The largest absolute Gasteiger partial charge is 0.497 e. The molecular weight excluding hydrogens is 372 g/mol. The van der Waals surface area contributed by atoms with Crippen molar-refractivity contribution in [3.8, 4) is 5.75 Å². The Hall–Kier alpha value is -1.60. The minimum Gasteiger partial charge on any atom is -0.497 e. The predicted molar refractivity (Wildman–Crippen MR) is 103 cm³/mol. The van der Waals surface area contributed by atoms with E-state index in [1.165, 1.54) is 12.1 Å². The number of likely N-dealkylation sites (tertiary alicyclic amines) is 1. The van der Waals surface area contributed by atoms with Crippen LogP contribution in [0.3, 0.4) is 0 Å². The van der Waals surface area contributed by atoms with Crippen LogP contribution in [0.25, 0.3) is 0 Å². The Morgan fingerprint density at radius 1 is 1.08 bits per heavy atom. The summed E-state index contributed by atoms with van der Waals surface area (Å²) in [6.45, 7) is 2.26. The van der Waals surface area contributed by atoms with Gasteiger partial charge in [0.15, 0.2) is 0 Å². The SMILES string of the molecule is COc1ccc([C@@H](CNS(=O)(=O)c2ccc(Cl)cc2)N2CCCC2)cc1. The number of methoxy groups -OCH3 is 1. The lowest BCUT2D eigenvalue weighted by molar-refractivity contribution is 0.246. The van der Waals surface area contributed by atoms with Crippen LogP contribution in [-0.4, -0.2) is 40.1 Å². The van der Waals surface area contributed by atoms with Gasteiger partial charge in [0.05, 0.1) is 12.0 Å². The van der Waals surface area contributed by atoms with E-state index in [9.17, 15) is 8.42 Å². The number of nitrogens with zero attached hydrogens (tertiary/aromatic N) is 1. The van der Waals surface area contributed by atoms with Crippen LogP contribution in [0.4, 0.5) is 0 Å². The number of nitrogens with one attached hydrogen (secondary N) is 1. The smallest absolute Gasteiger partial charge is 0.240 e. The molecule has 5 nitrogen and oxygen atoms in total. The summed E-state index contributed by atoms with van der Waals surface area (Å²) < 4.78 is 33.2. The van der Waals surface area contributed by atoms with E-state index >= 15 is 0 Å². The van der Waals surface area contributed by atoms with Crippen molar-refractivity contribution < 1.29 is 13.2 Å². The van der Waals surface area contributed by atoms with Crippen LogP contribution >= 0.6 is 11.6 Å². The second-order valence-electron chi connectivity index (χ2n) is 6.34. The second kappa shape index (κ2) is 8.39. The van der Waals surface area contributed by atoms with Gasteiger partial charge in [0, 0.05) is 17.6 Å².